The fraction of sp³-hybridized carbons (Fsp3) is 0.714. The molecule has 1 aromatic heterocycles. The minimum Gasteiger partial charge on any atom is -0.322 e. The average Bonchev–Trinajstić information content (AvgIpc) is 2.69. The third kappa shape index (κ3) is 2.90. The SMILES string of the molecule is CC(C)(C(N)c1cccs1)N1CCCCCC1. The van der Waals surface area contributed by atoms with E-state index in [9.17, 15) is 0 Å². The summed E-state index contributed by atoms with van der Waals surface area (Å²) in [5.41, 5.74) is 6.53. The highest BCUT2D eigenvalue weighted by atomic mass is 32.1. The van der Waals surface area contributed by atoms with Crippen LogP contribution in [0.5, 0.6) is 0 Å². The molecule has 17 heavy (non-hydrogen) atoms. The van der Waals surface area contributed by atoms with Gasteiger partial charge >= 0.3 is 0 Å². The first-order valence-electron chi connectivity index (χ1n) is 6.66. The van der Waals surface area contributed by atoms with Crippen molar-refractivity contribution in [1.29, 1.82) is 0 Å². The summed E-state index contributed by atoms with van der Waals surface area (Å²) in [5, 5.41) is 2.12. The van der Waals surface area contributed by atoms with Crippen LogP contribution in [0.3, 0.4) is 0 Å². The summed E-state index contributed by atoms with van der Waals surface area (Å²) in [5.74, 6) is 0. The molecule has 1 unspecified atom stereocenters. The van der Waals surface area contributed by atoms with E-state index in [-0.39, 0.29) is 11.6 Å². The molecule has 2 N–H and O–H groups in total. The summed E-state index contributed by atoms with van der Waals surface area (Å²) in [4.78, 5) is 3.89. The fourth-order valence-electron chi connectivity index (χ4n) is 2.66. The number of nitrogens with two attached hydrogens (primary N) is 1. The maximum absolute atomic E-state index is 6.47. The lowest BCUT2D eigenvalue weighted by molar-refractivity contribution is 0.0991. The summed E-state index contributed by atoms with van der Waals surface area (Å²) < 4.78 is 0. The van der Waals surface area contributed by atoms with E-state index in [0.717, 1.165) is 0 Å². The summed E-state index contributed by atoms with van der Waals surface area (Å²) in [7, 11) is 0. The van der Waals surface area contributed by atoms with Gasteiger partial charge in [0.1, 0.15) is 0 Å². The molecule has 1 aromatic rings. The van der Waals surface area contributed by atoms with E-state index in [1.165, 1.54) is 43.6 Å². The highest BCUT2D eigenvalue weighted by Gasteiger charge is 2.34. The molecule has 0 spiro atoms. The predicted molar refractivity (Wildman–Crippen MR) is 75.4 cm³/mol. The van der Waals surface area contributed by atoms with Crippen LogP contribution >= 0.6 is 11.3 Å². The van der Waals surface area contributed by atoms with Crippen LogP contribution < -0.4 is 5.73 Å². The molecule has 2 rings (SSSR count). The zero-order valence-corrected chi connectivity index (χ0v) is 11.8. The lowest BCUT2D eigenvalue weighted by atomic mass is 9.91. The normalized spacial score (nSPS) is 21.1. The van der Waals surface area contributed by atoms with Crippen molar-refractivity contribution in [3.63, 3.8) is 0 Å². The van der Waals surface area contributed by atoms with Crippen molar-refractivity contribution in [3.8, 4) is 0 Å². The third-order valence-electron chi connectivity index (χ3n) is 4.03. The maximum atomic E-state index is 6.47. The molecule has 1 aliphatic rings. The maximum Gasteiger partial charge on any atom is 0.0571 e. The molecule has 0 saturated carbocycles. The van der Waals surface area contributed by atoms with Crippen molar-refractivity contribution >= 4 is 11.3 Å². The second-order valence-electron chi connectivity index (χ2n) is 5.55. The van der Waals surface area contributed by atoms with Crippen LogP contribution in [0, 0.1) is 0 Å². The van der Waals surface area contributed by atoms with Gasteiger partial charge in [-0.15, -0.1) is 11.3 Å². The van der Waals surface area contributed by atoms with Crippen LogP contribution in [0.1, 0.15) is 50.4 Å². The zero-order chi connectivity index (χ0) is 12.3. The molecule has 1 atom stereocenters. The number of nitrogens with zero attached hydrogens (tertiary/aromatic N) is 1. The minimum atomic E-state index is 0.0647. The summed E-state index contributed by atoms with van der Waals surface area (Å²) in [6.07, 6.45) is 5.39. The Hall–Kier alpha value is -0.380. The van der Waals surface area contributed by atoms with Crippen molar-refractivity contribution in [2.24, 2.45) is 5.73 Å². The van der Waals surface area contributed by atoms with Crippen molar-refractivity contribution in [2.75, 3.05) is 13.1 Å². The van der Waals surface area contributed by atoms with E-state index in [1.807, 2.05) is 0 Å². The van der Waals surface area contributed by atoms with Gasteiger partial charge in [-0.2, -0.15) is 0 Å². The van der Waals surface area contributed by atoms with E-state index in [1.54, 1.807) is 11.3 Å². The van der Waals surface area contributed by atoms with Gasteiger partial charge in [0.15, 0.2) is 0 Å². The van der Waals surface area contributed by atoms with E-state index in [4.69, 9.17) is 5.73 Å². The first-order valence-corrected chi connectivity index (χ1v) is 7.54. The molecule has 3 heteroatoms. The number of thiophene rings is 1. The van der Waals surface area contributed by atoms with Crippen LogP contribution in [0.15, 0.2) is 17.5 Å². The lowest BCUT2D eigenvalue weighted by Gasteiger charge is -2.42. The van der Waals surface area contributed by atoms with Crippen LogP contribution in [-0.2, 0) is 0 Å². The van der Waals surface area contributed by atoms with Crippen LogP contribution in [0.2, 0.25) is 0 Å². The van der Waals surface area contributed by atoms with Crippen molar-refractivity contribution in [1.82, 2.24) is 4.90 Å². The van der Waals surface area contributed by atoms with Crippen LogP contribution in [0.4, 0.5) is 0 Å². The Bertz CT molecular complexity index is 324. The Kier molecular flexibility index (Phi) is 4.23. The fourth-order valence-corrected chi connectivity index (χ4v) is 3.57. The number of likely N-dealkylation sites (tertiary alicyclic amines) is 1. The molecular weight excluding hydrogens is 228 g/mol. The lowest BCUT2D eigenvalue weighted by Crippen LogP contribution is -2.51. The minimum absolute atomic E-state index is 0.0647. The molecule has 1 saturated heterocycles. The van der Waals surface area contributed by atoms with Gasteiger partial charge in [0.2, 0.25) is 0 Å². The van der Waals surface area contributed by atoms with E-state index in [0.29, 0.717) is 0 Å². The smallest absolute Gasteiger partial charge is 0.0571 e. The van der Waals surface area contributed by atoms with Gasteiger partial charge in [0.05, 0.1) is 6.04 Å². The van der Waals surface area contributed by atoms with Crippen molar-refractivity contribution in [3.05, 3.63) is 22.4 Å². The monoisotopic (exact) mass is 252 g/mol. The van der Waals surface area contributed by atoms with Gasteiger partial charge in [-0.1, -0.05) is 18.9 Å². The van der Waals surface area contributed by atoms with Crippen LogP contribution in [0.25, 0.3) is 0 Å². The molecule has 1 fully saturated rings. The van der Waals surface area contributed by atoms with E-state index < -0.39 is 0 Å². The molecule has 0 aromatic carbocycles. The molecule has 1 aliphatic heterocycles. The average molecular weight is 252 g/mol. The van der Waals surface area contributed by atoms with E-state index >= 15 is 0 Å². The van der Waals surface area contributed by atoms with Crippen molar-refractivity contribution in [2.45, 2.75) is 51.1 Å². The molecule has 0 bridgehead atoms. The zero-order valence-electron chi connectivity index (χ0n) is 11.0. The Morgan fingerprint density at radius 2 is 1.88 bits per heavy atom. The number of hydrogen-bond donors (Lipinski definition) is 1. The van der Waals surface area contributed by atoms with Gasteiger partial charge in [-0.3, -0.25) is 4.90 Å². The molecule has 0 amide bonds. The summed E-state index contributed by atoms with van der Waals surface area (Å²) in [6, 6.07) is 4.38. The van der Waals surface area contributed by atoms with Crippen molar-refractivity contribution < 1.29 is 0 Å². The Balaban J connectivity index is 2.10. The summed E-state index contributed by atoms with van der Waals surface area (Å²) >= 11 is 1.78. The van der Waals surface area contributed by atoms with Gasteiger partial charge in [0.25, 0.3) is 0 Å². The highest BCUT2D eigenvalue weighted by molar-refractivity contribution is 7.10. The standard InChI is InChI=1S/C14H24N2S/c1-14(2,13(15)12-8-7-11-17-12)16-9-5-3-4-6-10-16/h7-8,11,13H,3-6,9-10,15H2,1-2H3. The molecule has 2 heterocycles. The van der Waals surface area contributed by atoms with Gasteiger partial charge < -0.3 is 5.73 Å². The first kappa shape index (κ1) is 13.1. The quantitative estimate of drug-likeness (QED) is 0.893. The molecule has 96 valence electrons. The topological polar surface area (TPSA) is 29.3 Å². The van der Waals surface area contributed by atoms with Crippen LogP contribution in [-0.4, -0.2) is 23.5 Å². The molecule has 0 radical (unpaired) electrons. The molecule has 0 aliphatic carbocycles. The van der Waals surface area contributed by atoms with Gasteiger partial charge in [-0.05, 0) is 51.2 Å². The molecular formula is C14H24N2S. The second-order valence-corrected chi connectivity index (χ2v) is 6.53. The van der Waals surface area contributed by atoms with Gasteiger partial charge in [0, 0.05) is 10.4 Å². The second kappa shape index (κ2) is 5.51. The predicted octanol–water partition coefficient (Wildman–Crippen LogP) is 3.40. The number of hydrogen-bond acceptors (Lipinski definition) is 3. The Labute approximate surface area is 109 Å². The summed E-state index contributed by atoms with van der Waals surface area (Å²) in [6.45, 7) is 6.99. The number of rotatable bonds is 3. The first-order chi connectivity index (χ1) is 8.12. The van der Waals surface area contributed by atoms with Gasteiger partial charge in [-0.25, -0.2) is 0 Å². The Morgan fingerprint density at radius 1 is 1.24 bits per heavy atom. The Morgan fingerprint density at radius 3 is 2.41 bits per heavy atom. The van der Waals surface area contributed by atoms with E-state index in [2.05, 4.69) is 36.3 Å². The molecule has 2 nitrogen and oxygen atoms in total. The third-order valence-corrected chi connectivity index (χ3v) is 4.99. The largest absolute Gasteiger partial charge is 0.322 e. The highest BCUT2D eigenvalue weighted by Crippen LogP contribution is 2.32.